The number of hydrogen-bond donors (Lipinski definition) is 0. The quantitative estimate of drug-likeness (QED) is 0.741. The zero-order valence-electron chi connectivity index (χ0n) is 16.6. The summed E-state index contributed by atoms with van der Waals surface area (Å²) in [6.07, 6.45) is 0. The summed E-state index contributed by atoms with van der Waals surface area (Å²) in [5, 5.41) is 0. The van der Waals surface area contributed by atoms with Crippen molar-refractivity contribution >= 4 is 0 Å². The van der Waals surface area contributed by atoms with Crippen LogP contribution in [0.3, 0.4) is 0 Å². The first-order valence-corrected chi connectivity index (χ1v) is 8.08. The molecule has 0 amide bonds. The highest BCUT2D eigenvalue weighted by molar-refractivity contribution is 5.84. The first kappa shape index (κ1) is 19.6. The van der Waals surface area contributed by atoms with Crippen molar-refractivity contribution in [3.05, 3.63) is 23.3 Å². The Morgan fingerprint density at radius 1 is 0.462 bits per heavy atom. The molecule has 0 bridgehead atoms. The molecule has 0 aliphatic heterocycles. The van der Waals surface area contributed by atoms with Crippen LogP contribution in [-0.2, 0) is 0 Å². The fraction of sp³-hybridized carbons (Fsp3) is 0.400. The van der Waals surface area contributed by atoms with E-state index in [0.29, 0.717) is 34.5 Å². The lowest BCUT2D eigenvalue weighted by Gasteiger charge is -2.21. The molecular weight excluding hydrogens is 336 g/mol. The summed E-state index contributed by atoms with van der Waals surface area (Å²) in [7, 11) is 9.65. The van der Waals surface area contributed by atoms with Gasteiger partial charge in [0.2, 0.25) is 0 Å². The Bertz CT molecular complexity index is 730. The maximum Gasteiger partial charge on any atom is 0.167 e. The summed E-state index contributed by atoms with van der Waals surface area (Å²) in [5.41, 5.74) is 3.28. The first-order chi connectivity index (χ1) is 12.5. The number of hydrogen-bond acceptors (Lipinski definition) is 6. The van der Waals surface area contributed by atoms with E-state index in [4.69, 9.17) is 28.4 Å². The van der Waals surface area contributed by atoms with E-state index in [1.165, 1.54) is 0 Å². The minimum atomic E-state index is 0.607. The SMILES string of the molecule is COc1cc(-c2cc(OC)c(OC)c(C)c2OC)c(OC)c(C)c1OC. The van der Waals surface area contributed by atoms with Crippen LogP contribution >= 0.6 is 0 Å². The van der Waals surface area contributed by atoms with Crippen molar-refractivity contribution in [2.75, 3.05) is 42.7 Å². The largest absolute Gasteiger partial charge is 0.496 e. The van der Waals surface area contributed by atoms with Gasteiger partial charge in [0.1, 0.15) is 11.5 Å². The molecule has 0 atom stereocenters. The monoisotopic (exact) mass is 362 g/mol. The Kier molecular flexibility index (Phi) is 6.08. The van der Waals surface area contributed by atoms with E-state index < -0.39 is 0 Å². The van der Waals surface area contributed by atoms with Crippen molar-refractivity contribution in [2.24, 2.45) is 0 Å². The molecule has 26 heavy (non-hydrogen) atoms. The average molecular weight is 362 g/mol. The van der Waals surface area contributed by atoms with Gasteiger partial charge in [-0.1, -0.05) is 0 Å². The molecule has 2 rings (SSSR count). The molecule has 0 aliphatic rings. The second kappa shape index (κ2) is 8.08. The van der Waals surface area contributed by atoms with Gasteiger partial charge in [0.05, 0.1) is 42.7 Å². The third-order valence-electron chi connectivity index (χ3n) is 4.40. The second-order valence-corrected chi connectivity index (χ2v) is 5.64. The van der Waals surface area contributed by atoms with Crippen LogP contribution in [0.15, 0.2) is 12.1 Å². The highest BCUT2D eigenvalue weighted by atomic mass is 16.5. The van der Waals surface area contributed by atoms with Gasteiger partial charge in [-0.15, -0.1) is 0 Å². The van der Waals surface area contributed by atoms with Gasteiger partial charge in [-0.05, 0) is 26.0 Å². The van der Waals surface area contributed by atoms with Crippen LogP contribution in [0.4, 0.5) is 0 Å². The Morgan fingerprint density at radius 2 is 0.769 bits per heavy atom. The minimum absolute atomic E-state index is 0.607. The van der Waals surface area contributed by atoms with Gasteiger partial charge in [-0.25, -0.2) is 0 Å². The van der Waals surface area contributed by atoms with E-state index in [0.717, 1.165) is 22.3 Å². The zero-order chi connectivity index (χ0) is 19.4. The molecule has 0 radical (unpaired) electrons. The van der Waals surface area contributed by atoms with Gasteiger partial charge < -0.3 is 28.4 Å². The lowest BCUT2D eigenvalue weighted by atomic mass is 9.96. The van der Waals surface area contributed by atoms with E-state index >= 15 is 0 Å². The number of methoxy groups -OCH3 is 6. The summed E-state index contributed by atoms with van der Waals surface area (Å²) in [6, 6.07) is 3.74. The molecular formula is C20H26O6. The van der Waals surface area contributed by atoms with Crippen LogP contribution in [0.2, 0.25) is 0 Å². The molecule has 2 aromatic carbocycles. The lowest BCUT2D eigenvalue weighted by molar-refractivity contribution is 0.344. The Balaban J connectivity index is 2.91. The van der Waals surface area contributed by atoms with Gasteiger partial charge >= 0.3 is 0 Å². The average Bonchev–Trinajstić information content (AvgIpc) is 2.66. The highest BCUT2D eigenvalue weighted by Gasteiger charge is 2.24. The number of rotatable bonds is 7. The summed E-state index contributed by atoms with van der Waals surface area (Å²) >= 11 is 0. The molecule has 0 aliphatic carbocycles. The molecule has 0 N–H and O–H groups in total. The zero-order valence-corrected chi connectivity index (χ0v) is 16.6. The molecule has 0 heterocycles. The van der Waals surface area contributed by atoms with Crippen molar-refractivity contribution in [3.63, 3.8) is 0 Å². The smallest absolute Gasteiger partial charge is 0.167 e. The Labute approximate surface area is 154 Å². The molecule has 6 nitrogen and oxygen atoms in total. The topological polar surface area (TPSA) is 55.4 Å². The van der Waals surface area contributed by atoms with Crippen molar-refractivity contribution in [1.29, 1.82) is 0 Å². The second-order valence-electron chi connectivity index (χ2n) is 5.64. The van der Waals surface area contributed by atoms with Gasteiger partial charge in [0, 0.05) is 22.3 Å². The molecule has 0 saturated carbocycles. The van der Waals surface area contributed by atoms with Crippen molar-refractivity contribution in [3.8, 4) is 45.6 Å². The standard InChI is InChI=1S/C20H26O6/c1-11-17(23-5)13(9-15(21-3)19(11)25-7)14-10-16(22-4)20(26-8)12(2)18(14)24-6/h9-10H,1-8H3. The number of benzene rings is 2. The molecule has 0 aromatic heterocycles. The van der Waals surface area contributed by atoms with Gasteiger partial charge in [0.25, 0.3) is 0 Å². The van der Waals surface area contributed by atoms with E-state index in [-0.39, 0.29) is 0 Å². The molecule has 142 valence electrons. The van der Waals surface area contributed by atoms with E-state index in [1.54, 1.807) is 42.7 Å². The highest BCUT2D eigenvalue weighted by Crippen LogP contribution is 2.50. The third-order valence-corrected chi connectivity index (χ3v) is 4.40. The molecule has 0 fully saturated rings. The summed E-state index contributed by atoms with van der Waals surface area (Å²) in [5.74, 6) is 3.82. The minimum Gasteiger partial charge on any atom is -0.496 e. The summed E-state index contributed by atoms with van der Waals surface area (Å²) in [6.45, 7) is 3.84. The number of ether oxygens (including phenoxy) is 6. The van der Waals surface area contributed by atoms with Crippen LogP contribution in [0.5, 0.6) is 34.5 Å². The first-order valence-electron chi connectivity index (χ1n) is 8.08. The van der Waals surface area contributed by atoms with Gasteiger partial charge in [-0.3, -0.25) is 0 Å². The third kappa shape index (κ3) is 3.07. The van der Waals surface area contributed by atoms with Crippen LogP contribution < -0.4 is 28.4 Å². The van der Waals surface area contributed by atoms with Crippen molar-refractivity contribution < 1.29 is 28.4 Å². The van der Waals surface area contributed by atoms with Gasteiger partial charge in [-0.2, -0.15) is 0 Å². The van der Waals surface area contributed by atoms with Crippen LogP contribution in [-0.4, -0.2) is 42.7 Å². The van der Waals surface area contributed by atoms with Crippen LogP contribution in [0.1, 0.15) is 11.1 Å². The molecule has 0 spiro atoms. The summed E-state index contributed by atoms with van der Waals surface area (Å²) in [4.78, 5) is 0. The fourth-order valence-electron chi connectivity index (χ4n) is 3.24. The molecule has 6 heteroatoms. The fourth-order valence-corrected chi connectivity index (χ4v) is 3.24. The van der Waals surface area contributed by atoms with E-state index in [9.17, 15) is 0 Å². The Hall–Kier alpha value is -2.76. The molecule has 0 saturated heterocycles. The molecule has 0 unspecified atom stereocenters. The maximum atomic E-state index is 5.68. The van der Waals surface area contributed by atoms with E-state index in [2.05, 4.69) is 0 Å². The predicted octanol–water partition coefficient (Wildman–Crippen LogP) is 4.02. The van der Waals surface area contributed by atoms with Crippen molar-refractivity contribution in [1.82, 2.24) is 0 Å². The van der Waals surface area contributed by atoms with Crippen LogP contribution in [0.25, 0.3) is 11.1 Å². The van der Waals surface area contributed by atoms with E-state index in [1.807, 2.05) is 26.0 Å². The lowest BCUT2D eigenvalue weighted by Crippen LogP contribution is -2.02. The predicted molar refractivity (Wildman–Crippen MR) is 101 cm³/mol. The maximum absolute atomic E-state index is 5.68. The normalized spacial score (nSPS) is 10.3. The summed E-state index contributed by atoms with van der Waals surface area (Å²) < 4.78 is 33.3. The van der Waals surface area contributed by atoms with Crippen molar-refractivity contribution in [2.45, 2.75) is 13.8 Å². The van der Waals surface area contributed by atoms with Crippen LogP contribution in [0, 0.1) is 13.8 Å². The van der Waals surface area contributed by atoms with Gasteiger partial charge in [0.15, 0.2) is 23.0 Å². The molecule has 2 aromatic rings. The Morgan fingerprint density at radius 3 is 1.00 bits per heavy atom.